The van der Waals surface area contributed by atoms with Crippen LogP contribution in [0.25, 0.3) is 0 Å². The van der Waals surface area contributed by atoms with Crippen LogP contribution in [0.4, 0.5) is 5.69 Å². The van der Waals surface area contributed by atoms with Gasteiger partial charge in [-0.3, -0.25) is 4.79 Å². The van der Waals surface area contributed by atoms with E-state index in [-0.39, 0.29) is 11.8 Å². The first-order chi connectivity index (χ1) is 9.52. The topological polar surface area (TPSA) is 52.6 Å². The van der Waals surface area contributed by atoms with Crippen LogP contribution in [-0.4, -0.2) is 31.2 Å². The van der Waals surface area contributed by atoms with Gasteiger partial charge < -0.3 is 15.3 Å². The smallest absolute Gasteiger partial charge is 0.224 e. The molecule has 0 bridgehead atoms. The molecule has 0 aliphatic carbocycles. The Bertz CT molecular complexity index is 491. The molecule has 0 radical (unpaired) electrons. The summed E-state index contributed by atoms with van der Waals surface area (Å²) in [5.74, 6) is 0.130. The Labute approximate surface area is 124 Å². The summed E-state index contributed by atoms with van der Waals surface area (Å²) in [5.41, 5.74) is 1.74. The summed E-state index contributed by atoms with van der Waals surface area (Å²) >= 11 is 6.20. The Morgan fingerprint density at radius 1 is 1.55 bits per heavy atom. The zero-order valence-electron chi connectivity index (χ0n) is 11.9. The van der Waals surface area contributed by atoms with Crippen LogP contribution in [0.2, 0.25) is 5.02 Å². The summed E-state index contributed by atoms with van der Waals surface area (Å²) in [6.07, 6.45) is 1.35. The third-order valence-corrected chi connectivity index (χ3v) is 4.17. The van der Waals surface area contributed by atoms with Crippen LogP contribution in [-0.2, 0) is 4.79 Å². The first-order valence-electron chi connectivity index (χ1n) is 6.97. The van der Waals surface area contributed by atoms with E-state index < -0.39 is 6.10 Å². The second-order valence-electron chi connectivity index (χ2n) is 5.28. The van der Waals surface area contributed by atoms with Crippen LogP contribution < -0.4 is 10.2 Å². The maximum Gasteiger partial charge on any atom is 0.224 e. The summed E-state index contributed by atoms with van der Waals surface area (Å²) in [5, 5.41) is 12.9. The fourth-order valence-electron chi connectivity index (χ4n) is 2.68. The molecule has 1 aliphatic heterocycles. The molecule has 2 N–H and O–H groups in total. The Balaban J connectivity index is 2.15. The van der Waals surface area contributed by atoms with Crippen molar-refractivity contribution in [1.29, 1.82) is 0 Å². The number of nitrogens with zero attached hydrogens (tertiary/aromatic N) is 1. The number of amides is 1. The van der Waals surface area contributed by atoms with Crippen LogP contribution in [0.15, 0.2) is 18.2 Å². The van der Waals surface area contributed by atoms with Crippen molar-refractivity contribution in [2.45, 2.75) is 25.9 Å². The maximum atomic E-state index is 11.8. The minimum absolute atomic E-state index is 0.0315. The molecule has 2 unspecified atom stereocenters. The van der Waals surface area contributed by atoms with Gasteiger partial charge in [-0.05, 0) is 37.5 Å². The van der Waals surface area contributed by atoms with Crippen molar-refractivity contribution < 1.29 is 9.90 Å². The van der Waals surface area contributed by atoms with E-state index in [4.69, 9.17) is 11.6 Å². The number of hydrogen-bond acceptors (Lipinski definition) is 3. The van der Waals surface area contributed by atoms with E-state index in [1.54, 1.807) is 14.0 Å². The average molecular weight is 297 g/mol. The molecular weight excluding hydrogens is 276 g/mol. The monoisotopic (exact) mass is 296 g/mol. The van der Waals surface area contributed by atoms with Gasteiger partial charge >= 0.3 is 0 Å². The lowest BCUT2D eigenvalue weighted by Crippen LogP contribution is -2.42. The highest BCUT2D eigenvalue weighted by Gasteiger charge is 2.25. The fraction of sp³-hybridized carbons (Fsp3) is 0.533. The number of anilines is 1. The molecule has 2 atom stereocenters. The van der Waals surface area contributed by atoms with E-state index in [9.17, 15) is 9.90 Å². The molecule has 1 aromatic rings. The zero-order valence-corrected chi connectivity index (χ0v) is 12.7. The highest BCUT2D eigenvalue weighted by Crippen LogP contribution is 2.30. The predicted octanol–water partition coefficient (Wildman–Crippen LogP) is 2.36. The number of halogens is 1. The number of piperidine rings is 1. The maximum absolute atomic E-state index is 11.8. The molecule has 0 aromatic heterocycles. The van der Waals surface area contributed by atoms with Gasteiger partial charge in [0, 0.05) is 30.8 Å². The van der Waals surface area contributed by atoms with E-state index in [0.29, 0.717) is 11.6 Å². The molecule has 1 aliphatic rings. The molecule has 20 heavy (non-hydrogen) atoms. The number of aliphatic hydroxyl groups is 1. The van der Waals surface area contributed by atoms with Gasteiger partial charge in [-0.15, -0.1) is 0 Å². The van der Waals surface area contributed by atoms with Gasteiger partial charge in [-0.25, -0.2) is 0 Å². The second kappa shape index (κ2) is 6.46. The Morgan fingerprint density at radius 2 is 2.30 bits per heavy atom. The number of benzene rings is 1. The van der Waals surface area contributed by atoms with Crippen LogP contribution in [0.3, 0.4) is 0 Å². The zero-order chi connectivity index (χ0) is 14.7. The van der Waals surface area contributed by atoms with Crippen LogP contribution >= 0.6 is 11.6 Å². The van der Waals surface area contributed by atoms with Gasteiger partial charge in [0.25, 0.3) is 0 Å². The van der Waals surface area contributed by atoms with Crippen LogP contribution in [0.1, 0.15) is 31.4 Å². The Kier molecular flexibility index (Phi) is 4.89. The molecule has 2 rings (SSSR count). The molecule has 0 saturated carbocycles. The summed E-state index contributed by atoms with van der Waals surface area (Å²) < 4.78 is 0. The molecule has 1 fully saturated rings. The molecule has 0 spiro atoms. The van der Waals surface area contributed by atoms with E-state index >= 15 is 0 Å². The van der Waals surface area contributed by atoms with Crippen molar-refractivity contribution in [2.24, 2.45) is 5.92 Å². The largest absolute Gasteiger partial charge is 0.389 e. The molecule has 1 saturated heterocycles. The van der Waals surface area contributed by atoms with Crippen molar-refractivity contribution in [3.8, 4) is 0 Å². The molecule has 5 heteroatoms. The fourth-order valence-corrected chi connectivity index (χ4v) is 3.01. The van der Waals surface area contributed by atoms with E-state index in [1.165, 1.54) is 0 Å². The molecule has 4 nitrogen and oxygen atoms in total. The Hall–Kier alpha value is -1.26. The van der Waals surface area contributed by atoms with E-state index in [2.05, 4.69) is 10.2 Å². The van der Waals surface area contributed by atoms with Crippen LogP contribution in [0.5, 0.6) is 0 Å². The summed E-state index contributed by atoms with van der Waals surface area (Å²) in [4.78, 5) is 13.9. The first-order valence-corrected chi connectivity index (χ1v) is 7.34. The highest BCUT2D eigenvalue weighted by molar-refractivity contribution is 6.31. The Morgan fingerprint density at radius 3 is 2.90 bits per heavy atom. The molecule has 1 amide bonds. The van der Waals surface area contributed by atoms with Gasteiger partial charge in [0.1, 0.15) is 0 Å². The number of nitrogens with one attached hydrogen (secondary N) is 1. The molecule has 1 heterocycles. The quantitative estimate of drug-likeness (QED) is 0.900. The molecule has 110 valence electrons. The van der Waals surface area contributed by atoms with Crippen LogP contribution in [0, 0.1) is 5.92 Å². The lowest BCUT2D eigenvalue weighted by molar-refractivity contribution is -0.124. The van der Waals surface area contributed by atoms with Gasteiger partial charge in [0.2, 0.25) is 5.91 Å². The van der Waals surface area contributed by atoms with Gasteiger partial charge in [-0.2, -0.15) is 0 Å². The number of carbonyl (C=O) groups is 1. The third kappa shape index (κ3) is 3.25. The van der Waals surface area contributed by atoms with Crippen molar-refractivity contribution >= 4 is 23.2 Å². The predicted molar refractivity (Wildman–Crippen MR) is 81.1 cm³/mol. The minimum atomic E-state index is -0.573. The van der Waals surface area contributed by atoms with Gasteiger partial charge in [0.05, 0.1) is 12.0 Å². The molecular formula is C15H21ClN2O2. The van der Waals surface area contributed by atoms with Gasteiger partial charge in [-0.1, -0.05) is 17.7 Å². The average Bonchev–Trinajstić information content (AvgIpc) is 2.46. The highest BCUT2D eigenvalue weighted by atomic mass is 35.5. The van der Waals surface area contributed by atoms with Crippen molar-refractivity contribution in [1.82, 2.24) is 5.32 Å². The normalized spacial score (nSPS) is 20.6. The van der Waals surface area contributed by atoms with Gasteiger partial charge in [0.15, 0.2) is 0 Å². The van der Waals surface area contributed by atoms with Crippen molar-refractivity contribution in [2.75, 3.05) is 25.0 Å². The lowest BCUT2D eigenvalue weighted by atomic mass is 9.96. The molecule has 1 aromatic carbocycles. The third-order valence-electron chi connectivity index (χ3n) is 3.84. The minimum Gasteiger partial charge on any atom is -0.389 e. The number of hydrogen-bond donors (Lipinski definition) is 2. The van der Waals surface area contributed by atoms with Crippen molar-refractivity contribution in [3.63, 3.8) is 0 Å². The van der Waals surface area contributed by atoms with Crippen molar-refractivity contribution in [3.05, 3.63) is 28.8 Å². The number of carbonyl (C=O) groups excluding carboxylic acids is 1. The first kappa shape index (κ1) is 15.1. The SMILES string of the molecule is CNC(=O)C1CCCN(c2ccc(C(C)O)c(Cl)c2)C1. The second-order valence-corrected chi connectivity index (χ2v) is 5.69. The standard InChI is InChI=1S/C15H21ClN2O2/c1-10(19)13-6-5-12(8-14(13)16)18-7-3-4-11(9-18)15(20)17-2/h5-6,8,10-11,19H,3-4,7,9H2,1-2H3,(H,17,20). The summed E-state index contributed by atoms with van der Waals surface area (Å²) in [7, 11) is 1.68. The summed E-state index contributed by atoms with van der Waals surface area (Å²) in [6.45, 7) is 3.34. The van der Waals surface area contributed by atoms with E-state index in [0.717, 1.165) is 30.6 Å². The number of aliphatic hydroxyl groups excluding tert-OH is 1. The number of rotatable bonds is 3. The lowest BCUT2D eigenvalue weighted by Gasteiger charge is -2.33. The van der Waals surface area contributed by atoms with E-state index in [1.807, 2.05) is 18.2 Å². The summed E-state index contributed by atoms with van der Waals surface area (Å²) in [6, 6.07) is 5.68.